The van der Waals surface area contributed by atoms with E-state index in [4.69, 9.17) is 14.3 Å². The summed E-state index contributed by atoms with van der Waals surface area (Å²) in [5.74, 6) is 1.73. The standard InChI is InChI=1S/C28H23N5O3S/c1-2-3-15-35-22-13-11-19(12-14-22)25-20(18-32(30-25)21-8-5-4-6-9-21)17-24-27(34)33-28(37-24)29-26(31-33)23-10-7-16-36-23/h4-14,16-18H,2-3,15H2,1H3. The van der Waals surface area contributed by atoms with Crippen LogP contribution in [0.25, 0.3) is 39.6 Å². The molecule has 0 saturated heterocycles. The normalized spacial score (nSPS) is 12.0. The van der Waals surface area contributed by atoms with Gasteiger partial charge in [0.1, 0.15) is 11.4 Å². The van der Waals surface area contributed by atoms with Gasteiger partial charge in [-0.1, -0.05) is 42.9 Å². The Labute approximate surface area is 216 Å². The Bertz CT molecular complexity index is 1750. The fourth-order valence-corrected chi connectivity index (χ4v) is 4.86. The Kier molecular flexibility index (Phi) is 6.11. The maximum Gasteiger partial charge on any atom is 0.291 e. The lowest BCUT2D eigenvalue weighted by atomic mass is 10.1. The van der Waals surface area contributed by atoms with Crippen molar-refractivity contribution in [2.45, 2.75) is 19.8 Å². The van der Waals surface area contributed by atoms with Crippen molar-refractivity contribution in [2.24, 2.45) is 0 Å². The highest BCUT2D eigenvalue weighted by atomic mass is 32.1. The number of aromatic nitrogens is 5. The first-order chi connectivity index (χ1) is 18.2. The van der Waals surface area contributed by atoms with E-state index in [1.165, 1.54) is 15.9 Å². The van der Waals surface area contributed by atoms with E-state index in [9.17, 15) is 4.79 Å². The van der Waals surface area contributed by atoms with Crippen LogP contribution in [0.5, 0.6) is 5.75 Å². The van der Waals surface area contributed by atoms with Crippen molar-refractivity contribution < 1.29 is 9.15 Å². The lowest BCUT2D eigenvalue weighted by Crippen LogP contribution is -2.23. The molecule has 0 bridgehead atoms. The van der Waals surface area contributed by atoms with Gasteiger partial charge in [0.15, 0.2) is 5.76 Å². The van der Waals surface area contributed by atoms with Gasteiger partial charge in [-0.15, -0.1) is 5.10 Å². The van der Waals surface area contributed by atoms with Gasteiger partial charge in [0.25, 0.3) is 5.56 Å². The van der Waals surface area contributed by atoms with Crippen LogP contribution in [0, 0.1) is 0 Å². The molecule has 37 heavy (non-hydrogen) atoms. The van der Waals surface area contributed by atoms with Crippen LogP contribution in [0.15, 0.2) is 88.4 Å². The third-order valence-corrected chi connectivity index (χ3v) is 6.83. The molecule has 4 aromatic heterocycles. The lowest BCUT2D eigenvalue weighted by Gasteiger charge is -2.06. The number of rotatable bonds is 8. The number of nitrogens with zero attached hydrogens (tertiary/aromatic N) is 5. The molecular formula is C28H23N5O3S. The average Bonchev–Trinajstić information content (AvgIpc) is 3.72. The second-order valence-electron chi connectivity index (χ2n) is 8.46. The van der Waals surface area contributed by atoms with Gasteiger partial charge in [-0.25, -0.2) is 4.68 Å². The lowest BCUT2D eigenvalue weighted by molar-refractivity contribution is 0.309. The SMILES string of the molecule is CCCCOc1ccc(-c2nn(-c3ccccc3)cc2C=c2sc3nc(-c4ccco4)nn3c2=O)cc1. The molecule has 0 radical (unpaired) electrons. The van der Waals surface area contributed by atoms with Crippen molar-refractivity contribution >= 4 is 22.4 Å². The third kappa shape index (κ3) is 4.56. The number of ether oxygens (including phenoxy) is 1. The van der Waals surface area contributed by atoms with Crippen molar-refractivity contribution in [3.05, 3.63) is 99.6 Å². The van der Waals surface area contributed by atoms with Gasteiger partial charge in [-0.05, 0) is 61.0 Å². The predicted molar refractivity (Wildman–Crippen MR) is 143 cm³/mol. The van der Waals surface area contributed by atoms with Gasteiger partial charge in [-0.3, -0.25) is 4.79 Å². The van der Waals surface area contributed by atoms with E-state index in [2.05, 4.69) is 17.0 Å². The number of fused-ring (bicyclic) bond motifs is 1. The molecule has 0 amide bonds. The summed E-state index contributed by atoms with van der Waals surface area (Å²) in [6.45, 7) is 2.83. The number of thiazole rings is 1. The molecule has 8 nitrogen and oxygen atoms in total. The average molecular weight is 510 g/mol. The predicted octanol–water partition coefficient (Wildman–Crippen LogP) is 4.99. The van der Waals surface area contributed by atoms with Gasteiger partial charge in [0.05, 0.1) is 23.1 Å². The van der Waals surface area contributed by atoms with E-state index in [1.807, 2.05) is 71.6 Å². The van der Waals surface area contributed by atoms with Crippen LogP contribution in [0.4, 0.5) is 0 Å². The molecule has 0 aliphatic heterocycles. The highest BCUT2D eigenvalue weighted by molar-refractivity contribution is 7.15. The fraction of sp³-hybridized carbons (Fsp3) is 0.143. The first-order valence-electron chi connectivity index (χ1n) is 12.0. The summed E-state index contributed by atoms with van der Waals surface area (Å²) in [7, 11) is 0. The monoisotopic (exact) mass is 509 g/mol. The Morgan fingerprint density at radius 2 is 1.86 bits per heavy atom. The Hall–Kier alpha value is -4.50. The molecule has 4 heterocycles. The fourth-order valence-electron chi connectivity index (χ4n) is 3.96. The zero-order valence-corrected chi connectivity index (χ0v) is 20.9. The summed E-state index contributed by atoms with van der Waals surface area (Å²) in [6, 6.07) is 21.3. The van der Waals surface area contributed by atoms with Crippen LogP contribution >= 0.6 is 11.3 Å². The molecule has 0 spiro atoms. The Balaban J connectivity index is 1.42. The third-order valence-electron chi connectivity index (χ3n) is 5.87. The molecule has 0 aliphatic carbocycles. The second kappa shape index (κ2) is 9.87. The second-order valence-corrected chi connectivity index (χ2v) is 9.47. The van der Waals surface area contributed by atoms with Gasteiger partial charge in [0, 0.05) is 17.3 Å². The van der Waals surface area contributed by atoms with Crippen LogP contribution in [-0.2, 0) is 0 Å². The molecule has 6 aromatic rings. The van der Waals surface area contributed by atoms with Crippen LogP contribution in [0.1, 0.15) is 25.3 Å². The molecule has 6 rings (SSSR count). The first kappa shape index (κ1) is 22.9. The number of hydrogen-bond acceptors (Lipinski definition) is 7. The highest BCUT2D eigenvalue weighted by Gasteiger charge is 2.16. The number of unbranched alkanes of at least 4 members (excludes halogenated alkanes) is 1. The smallest absolute Gasteiger partial charge is 0.291 e. The van der Waals surface area contributed by atoms with Crippen LogP contribution in [-0.4, -0.2) is 31.0 Å². The number of para-hydroxylation sites is 1. The largest absolute Gasteiger partial charge is 0.494 e. The van der Waals surface area contributed by atoms with Crippen molar-refractivity contribution in [2.75, 3.05) is 6.61 Å². The molecule has 2 aromatic carbocycles. The van der Waals surface area contributed by atoms with Crippen LogP contribution in [0.3, 0.4) is 0 Å². The van der Waals surface area contributed by atoms with Crippen molar-refractivity contribution in [3.8, 4) is 34.3 Å². The van der Waals surface area contributed by atoms with Gasteiger partial charge in [-0.2, -0.15) is 14.6 Å². The summed E-state index contributed by atoms with van der Waals surface area (Å²) in [5, 5.41) is 9.21. The van der Waals surface area contributed by atoms with E-state index in [0.29, 0.717) is 27.7 Å². The zero-order chi connectivity index (χ0) is 25.2. The van der Waals surface area contributed by atoms with E-state index >= 15 is 0 Å². The molecule has 0 atom stereocenters. The van der Waals surface area contributed by atoms with E-state index in [0.717, 1.165) is 41.1 Å². The molecular weight excluding hydrogens is 486 g/mol. The Morgan fingerprint density at radius 1 is 1.03 bits per heavy atom. The minimum absolute atomic E-state index is 0.233. The van der Waals surface area contributed by atoms with Gasteiger partial charge in [0.2, 0.25) is 10.8 Å². The number of hydrogen-bond donors (Lipinski definition) is 0. The summed E-state index contributed by atoms with van der Waals surface area (Å²) < 4.78 is 14.8. The molecule has 0 N–H and O–H groups in total. The topological polar surface area (TPSA) is 87.4 Å². The number of benzene rings is 2. The van der Waals surface area contributed by atoms with Gasteiger partial charge < -0.3 is 9.15 Å². The van der Waals surface area contributed by atoms with Crippen LogP contribution in [0.2, 0.25) is 0 Å². The maximum atomic E-state index is 13.2. The quantitative estimate of drug-likeness (QED) is 0.269. The first-order valence-corrected chi connectivity index (χ1v) is 12.8. The summed E-state index contributed by atoms with van der Waals surface area (Å²) >= 11 is 1.28. The van der Waals surface area contributed by atoms with Crippen molar-refractivity contribution in [3.63, 3.8) is 0 Å². The summed E-state index contributed by atoms with van der Waals surface area (Å²) in [5.41, 5.74) is 3.20. The highest BCUT2D eigenvalue weighted by Crippen LogP contribution is 2.27. The minimum Gasteiger partial charge on any atom is -0.494 e. The molecule has 0 aliphatic rings. The minimum atomic E-state index is -0.233. The van der Waals surface area contributed by atoms with E-state index in [-0.39, 0.29) is 5.56 Å². The molecule has 0 fully saturated rings. The summed E-state index contributed by atoms with van der Waals surface area (Å²) in [4.78, 5) is 18.2. The van der Waals surface area contributed by atoms with Crippen molar-refractivity contribution in [1.82, 2.24) is 24.4 Å². The van der Waals surface area contributed by atoms with E-state index < -0.39 is 0 Å². The molecule has 0 unspecified atom stereocenters. The van der Waals surface area contributed by atoms with Crippen LogP contribution < -0.4 is 14.8 Å². The zero-order valence-electron chi connectivity index (χ0n) is 20.1. The molecule has 0 saturated carbocycles. The maximum absolute atomic E-state index is 13.2. The van der Waals surface area contributed by atoms with Gasteiger partial charge >= 0.3 is 0 Å². The van der Waals surface area contributed by atoms with Crippen molar-refractivity contribution in [1.29, 1.82) is 0 Å². The molecule has 184 valence electrons. The Morgan fingerprint density at radius 3 is 2.59 bits per heavy atom. The van der Waals surface area contributed by atoms with E-state index in [1.54, 1.807) is 18.4 Å². The molecule has 9 heteroatoms. The summed E-state index contributed by atoms with van der Waals surface area (Å²) in [6.07, 6.45) is 7.44. The number of furan rings is 1.